The number of hydrogen-bond acceptors (Lipinski definition) is 2. The lowest BCUT2D eigenvalue weighted by atomic mass is 9.68. The molecular weight excluding hydrogens is 328 g/mol. The molecule has 0 amide bonds. The Labute approximate surface area is 123 Å². The van der Waals surface area contributed by atoms with Crippen LogP contribution in [0.2, 0.25) is 0 Å². The van der Waals surface area contributed by atoms with Crippen LogP contribution in [0, 0.1) is 5.41 Å². The molecule has 0 spiro atoms. The van der Waals surface area contributed by atoms with Crippen LogP contribution in [0.5, 0.6) is 0 Å². The molecule has 3 N–H and O–H groups in total. The molecule has 2 aliphatic rings. The van der Waals surface area contributed by atoms with Crippen molar-refractivity contribution in [1.29, 1.82) is 0 Å². The minimum atomic E-state index is -4.59. The summed E-state index contributed by atoms with van der Waals surface area (Å²) in [5.74, 6) is -1.74. The van der Waals surface area contributed by atoms with E-state index in [0.29, 0.717) is 12.8 Å². The van der Waals surface area contributed by atoms with Crippen molar-refractivity contribution in [1.82, 2.24) is 0 Å². The Balaban J connectivity index is 0.000000370. The second kappa shape index (κ2) is 6.20. The maximum absolute atomic E-state index is 12.0. The largest absolute Gasteiger partial charge is 0.481 e. The summed E-state index contributed by atoms with van der Waals surface area (Å²) in [5.41, 5.74) is 0.691. The Kier molecular flexibility index (Phi) is 5.99. The smallest absolute Gasteiger partial charge is 0.406 e. The predicted octanol–water partition coefficient (Wildman–Crippen LogP) is 3.66. The van der Waals surface area contributed by atoms with Gasteiger partial charge in [-0.1, -0.05) is 6.42 Å². The Hall–Kier alpha value is -0.700. The normalized spacial score (nSPS) is 22.6. The monoisotopic (exact) mass is 343 g/mol. The molecular formula is C11H16ClF6NO2. The summed E-state index contributed by atoms with van der Waals surface area (Å²) in [7, 11) is 0. The molecule has 0 aromatic rings. The molecule has 2 rings (SSSR count). The molecule has 0 aliphatic heterocycles. The number of carbonyl (C=O) groups is 1. The van der Waals surface area contributed by atoms with Gasteiger partial charge in [0.15, 0.2) is 5.41 Å². The van der Waals surface area contributed by atoms with E-state index in [-0.39, 0.29) is 38.1 Å². The van der Waals surface area contributed by atoms with E-state index in [1.54, 1.807) is 0 Å². The first-order valence-electron chi connectivity index (χ1n) is 6.01. The van der Waals surface area contributed by atoms with Crippen molar-refractivity contribution in [3.05, 3.63) is 0 Å². The molecule has 2 fully saturated rings. The molecule has 0 aromatic heterocycles. The lowest BCUT2D eigenvalue weighted by Gasteiger charge is -2.39. The van der Waals surface area contributed by atoms with Gasteiger partial charge in [0.1, 0.15) is 5.54 Å². The first-order chi connectivity index (χ1) is 8.86. The van der Waals surface area contributed by atoms with Crippen molar-refractivity contribution >= 4 is 18.4 Å². The van der Waals surface area contributed by atoms with Crippen LogP contribution in [-0.4, -0.2) is 29.0 Å². The van der Waals surface area contributed by atoms with Crippen molar-refractivity contribution in [2.45, 2.75) is 56.4 Å². The van der Waals surface area contributed by atoms with E-state index in [1.165, 1.54) is 0 Å². The number of alkyl halides is 6. The summed E-state index contributed by atoms with van der Waals surface area (Å²) in [4.78, 5) is 10.2. The first-order valence-corrected chi connectivity index (χ1v) is 6.01. The van der Waals surface area contributed by atoms with Crippen LogP contribution in [0.15, 0.2) is 0 Å². The third kappa shape index (κ3) is 3.74. The molecule has 3 nitrogen and oxygen atoms in total. The van der Waals surface area contributed by atoms with Crippen molar-refractivity contribution in [3.8, 4) is 0 Å². The van der Waals surface area contributed by atoms with Crippen LogP contribution in [0.4, 0.5) is 26.3 Å². The summed E-state index contributed by atoms with van der Waals surface area (Å²) in [5, 5.41) is 8.30. The molecule has 0 aromatic carbocycles. The van der Waals surface area contributed by atoms with Crippen molar-refractivity contribution in [2.75, 3.05) is 0 Å². The van der Waals surface area contributed by atoms with Gasteiger partial charge >= 0.3 is 18.3 Å². The SMILES string of the molecule is Cl.NC1(C(F)(F)F)CCC1.O=C(O)C1(C(F)(F)F)CCC1. The zero-order valence-corrected chi connectivity index (χ0v) is 11.7. The van der Waals surface area contributed by atoms with Crippen LogP contribution in [-0.2, 0) is 4.79 Å². The minimum absolute atomic E-state index is 0. The first kappa shape index (κ1) is 20.3. The van der Waals surface area contributed by atoms with Crippen LogP contribution >= 0.6 is 12.4 Å². The van der Waals surface area contributed by atoms with Gasteiger partial charge in [-0.05, 0) is 32.1 Å². The summed E-state index contributed by atoms with van der Waals surface area (Å²) < 4.78 is 71.4. The van der Waals surface area contributed by atoms with Crippen LogP contribution in [0.1, 0.15) is 38.5 Å². The van der Waals surface area contributed by atoms with E-state index in [4.69, 9.17) is 10.8 Å². The Morgan fingerprint density at radius 1 is 0.905 bits per heavy atom. The summed E-state index contributed by atoms with van der Waals surface area (Å²) in [6.07, 6.45) is -8.17. The molecule has 10 heteroatoms. The van der Waals surface area contributed by atoms with Gasteiger partial charge in [-0.15, -0.1) is 12.4 Å². The van der Waals surface area contributed by atoms with Crippen LogP contribution in [0.3, 0.4) is 0 Å². The molecule has 0 atom stereocenters. The lowest BCUT2D eigenvalue weighted by Crippen LogP contribution is -2.58. The standard InChI is InChI=1S/C6H7F3O2.C5H8F3N.ClH/c7-6(8,9)5(4(10)11)2-1-3-5;6-5(7,8)4(9)2-1-3-4;/h1-3H2,(H,10,11);1-3,9H2;1H. The molecule has 2 aliphatic carbocycles. The van der Waals surface area contributed by atoms with E-state index in [1.807, 2.05) is 0 Å². The summed E-state index contributed by atoms with van der Waals surface area (Å²) in [6, 6.07) is 0. The van der Waals surface area contributed by atoms with Crippen molar-refractivity contribution in [3.63, 3.8) is 0 Å². The summed E-state index contributed by atoms with van der Waals surface area (Å²) >= 11 is 0. The molecule has 0 bridgehead atoms. The fourth-order valence-corrected chi connectivity index (χ4v) is 1.99. The average molecular weight is 344 g/mol. The molecule has 0 heterocycles. The molecule has 0 saturated heterocycles. The number of nitrogens with two attached hydrogens (primary N) is 1. The maximum Gasteiger partial charge on any atom is 0.406 e. The molecule has 0 unspecified atom stereocenters. The van der Waals surface area contributed by atoms with E-state index < -0.39 is 29.3 Å². The molecule has 2 saturated carbocycles. The van der Waals surface area contributed by atoms with E-state index >= 15 is 0 Å². The third-order valence-corrected chi connectivity index (χ3v) is 3.97. The number of halogens is 7. The minimum Gasteiger partial charge on any atom is -0.481 e. The average Bonchev–Trinajstić information content (AvgIpc) is 2.07. The molecule has 126 valence electrons. The molecule has 21 heavy (non-hydrogen) atoms. The van der Waals surface area contributed by atoms with Gasteiger partial charge in [-0.3, -0.25) is 4.79 Å². The van der Waals surface area contributed by atoms with Crippen molar-refractivity contribution < 1.29 is 36.2 Å². The quantitative estimate of drug-likeness (QED) is 0.714. The van der Waals surface area contributed by atoms with Gasteiger partial charge in [0.2, 0.25) is 0 Å². The lowest BCUT2D eigenvalue weighted by molar-refractivity contribution is -0.252. The maximum atomic E-state index is 12.0. The fraction of sp³-hybridized carbons (Fsp3) is 0.909. The number of carboxylic acids is 1. The second-order valence-electron chi connectivity index (χ2n) is 5.25. The topological polar surface area (TPSA) is 63.3 Å². The van der Waals surface area contributed by atoms with Gasteiger partial charge in [0, 0.05) is 0 Å². The number of hydrogen-bond donors (Lipinski definition) is 2. The highest BCUT2D eigenvalue weighted by Crippen LogP contribution is 2.53. The van der Waals surface area contributed by atoms with Gasteiger partial charge in [0.05, 0.1) is 0 Å². The highest BCUT2D eigenvalue weighted by molar-refractivity contribution is 5.85. The van der Waals surface area contributed by atoms with Crippen molar-refractivity contribution in [2.24, 2.45) is 11.1 Å². The van der Waals surface area contributed by atoms with E-state index in [0.717, 1.165) is 0 Å². The van der Waals surface area contributed by atoms with E-state index in [2.05, 4.69) is 0 Å². The Morgan fingerprint density at radius 3 is 1.29 bits per heavy atom. The highest BCUT2D eigenvalue weighted by Gasteiger charge is 2.63. The van der Waals surface area contributed by atoms with Gasteiger partial charge in [0.25, 0.3) is 0 Å². The van der Waals surface area contributed by atoms with Crippen LogP contribution in [0.25, 0.3) is 0 Å². The zero-order valence-electron chi connectivity index (χ0n) is 10.9. The van der Waals surface area contributed by atoms with Gasteiger partial charge in [-0.2, -0.15) is 26.3 Å². The third-order valence-electron chi connectivity index (χ3n) is 3.97. The second-order valence-corrected chi connectivity index (χ2v) is 5.25. The van der Waals surface area contributed by atoms with Crippen LogP contribution < -0.4 is 5.73 Å². The number of rotatable bonds is 1. The zero-order chi connectivity index (χ0) is 15.8. The fourth-order valence-electron chi connectivity index (χ4n) is 1.99. The summed E-state index contributed by atoms with van der Waals surface area (Å²) in [6.45, 7) is 0. The molecule has 0 radical (unpaired) electrons. The predicted molar refractivity (Wildman–Crippen MR) is 64.0 cm³/mol. The van der Waals surface area contributed by atoms with E-state index in [9.17, 15) is 31.1 Å². The number of aliphatic carboxylic acids is 1. The Morgan fingerprint density at radius 2 is 1.29 bits per heavy atom. The van der Waals surface area contributed by atoms with Gasteiger partial charge in [-0.25, -0.2) is 0 Å². The Bertz CT molecular complexity index is 374. The highest BCUT2D eigenvalue weighted by atomic mass is 35.5. The number of carboxylic acid groups (broad SMARTS) is 1. The van der Waals surface area contributed by atoms with Gasteiger partial charge < -0.3 is 10.8 Å².